The van der Waals surface area contributed by atoms with Crippen LogP contribution in [0.3, 0.4) is 0 Å². The first-order valence-electron chi connectivity index (χ1n) is 18.3. The molecule has 3 aliphatic rings. The number of carbonyl (C=O) groups excluding carboxylic acids is 4. The fourth-order valence-corrected chi connectivity index (χ4v) is 8.29. The number of ether oxygens (including phenoxy) is 3. The Labute approximate surface area is 307 Å². The quantitative estimate of drug-likeness (QED) is 0.177. The van der Waals surface area contributed by atoms with Crippen LogP contribution in [0.25, 0.3) is 0 Å². The SMILES string of the molecule is C=CCCC(=O)N(C)[C@@H](C)[C@@H](OC(=O)[C@@H]1[C@@H]2CC[C@]3(O2)[C@H](C(=O)N(CC=C)c2ccc(OC)cc2)N([C@@H](CO)[C@@H](C)CC)C(=O)[C@@H]13)c1ccccc1. The standard InChI is InChI=1S/C41H53N3O8/c1-8-11-17-33(46)42(6)27(5)36(28-15-13-12-14-16-28)51-40(49)34-32-22-23-41(52-32)35(34)38(47)44(31(25-45)26(4)10-3)37(41)39(48)43(24-9-2)29-18-20-30(50-7)21-19-29/h8-9,12-16,18-21,26-27,31-32,34-37,45H,1-2,10-11,17,22-25H2,3-7H3/t26-,27-,31-,32-,34+,35+,36+,37-,41+/m0/s1. The van der Waals surface area contributed by atoms with Crippen LogP contribution >= 0.6 is 0 Å². The van der Waals surface area contributed by atoms with Crippen molar-refractivity contribution in [3.05, 3.63) is 85.5 Å². The van der Waals surface area contributed by atoms with Gasteiger partial charge in [-0.15, -0.1) is 13.2 Å². The number of nitrogens with zero attached hydrogens (tertiary/aromatic N) is 3. The normalized spacial score (nSPS) is 25.4. The smallest absolute Gasteiger partial charge is 0.313 e. The first-order chi connectivity index (χ1) is 25.0. The Kier molecular flexibility index (Phi) is 12.3. The molecular formula is C41H53N3O8. The number of allylic oxidation sites excluding steroid dienone is 1. The van der Waals surface area contributed by atoms with Crippen molar-refractivity contribution in [2.24, 2.45) is 17.8 Å². The number of hydrogen-bond donors (Lipinski definition) is 1. The Hall–Kier alpha value is -4.48. The number of methoxy groups -OCH3 is 1. The van der Waals surface area contributed by atoms with Gasteiger partial charge in [0.05, 0.1) is 43.7 Å². The fourth-order valence-electron chi connectivity index (χ4n) is 8.29. The van der Waals surface area contributed by atoms with Gasteiger partial charge in [0, 0.05) is 25.7 Å². The molecule has 3 fully saturated rings. The molecule has 0 aromatic heterocycles. The Morgan fingerprint density at radius 2 is 1.79 bits per heavy atom. The molecule has 0 aliphatic carbocycles. The molecule has 1 spiro atoms. The number of aliphatic hydroxyl groups is 1. The molecule has 3 heterocycles. The van der Waals surface area contributed by atoms with Crippen molar-refractivity contribution in [2.45, 2.75) is 88.8 Å². The first-order valence-corrected chi connectivity index (χ1v) is 18.3. The first kappa shape index (κ1) is 38.7. The summed E-state index contributed by atoms with van der Waals surface area (Å²) in [7, 11) is 3.25. The highest BCUT2D eigenvalue weighted by Crippen LogP contribution is 2.60. The van der Waals surface area contributed by atoms with Gasteiger partial charge in [-0.1, -0.05) is 62.8 Å². The van der Waals surface area contributed by atoms with E-state index >= 15 is 0 Å². The zero-order chi connectivity index (χ0) is 37.7. The van der Waals surface area contributed by atoms with Crippen LogP contribution in [0.4, 0.5) is 5.69 Å². The summed E-state index contributed by atoms with van der Waals surface area (Å²) >= 11 is 0. The lowest BCUT2D eigenvalue weighted by atomic mass is 9.70. The van der Waals surface area contributed by atoms with E-state index in [1.807, 2.05) is 51.1 Å². The number of rotatable bonds is 17. The largest absolute Gasteiger partial charge is 0.497 e. The van der Waals surface area contributed by atoms with E-state index in [9.17, 15) is 24.3 Å². The van der Waals surface area contributed by atoms with Gasteiger partial charge in [0.2, 0.25) is 11.8 Å². The predicted molar refractivity (Wildman–Crippen MR) is 197 cm³/mol. The van der Waals surface area contributed by atoms with E-state index < -0.39 is 59.6 Å². The predicted octanol–water partition coefficient (Wildman–Crippen LogP) is 5.09. The number of fused-ring (bicyclic) bond motifs is 1. The van der Waals surface area contributed by atoms with Gasteiger partial charge in [-0.3, -0.25) is 19.2 Å². The Morgan fingerprint density at radius 1 is 1.10 bits per heavy atom. The molecular weight excluding hydrogens is 662 g/mol. The van der Waals surface area contributed by atoms with Gasteiger partial charge in [-0.25, -0.2) is 0 Å². The summed E-state index contributed by atoms with van der Waals surface area (Å²) in [4.78, 5) is 62.1. The second-order valence-corrected chi connectivity index (χ2v) is 14.2. The molecule has 280 valence electrons. The molecule has 3 amide bonds. The molecule has 3 aliphatic heterocycles. The molecule has 11 nitrogen and oxygen atoms in total. The van der Waals surface area contributed by atoms with Crippen molar-refractivity contribution in [3.63, 3.8) is 0 Å². The zero-order valence-corrected chi connectivity index (χ0v) is 31.0. The molecule has 9 atom stereocenters. The number of amides is 3. The third kappa shape index (κ3) is 7.00. The minimum Gasteiger partial charge on any atom is -0.497 e. The number of esters is 1. The average Bonchev–Trinajstić information content (AvgIpc) is 3.82. The van der Waals surface area contributed by atoms with Gasteiger partial charge in [-0.2, -0.15) is 0 Å². The summed E-state index contributed by atoms with van der Waals surface area (Å²) in [6.07, 6.45) is 4.08. The Bertz CT molecular complexity index is 1620. The summed E-state index contributed by atoms with van der Waals surface area (Å²) in [5.41, 5.74) is -0.0350. The molecule has 2 aromatic rings. The maximum Gasteiger partial charge on any atom is 0.313 e. The van der Waals surface area contributed by atoms with E-state index in [0.717, 1.165) is 0 Å². The van der Waals surface area contributed by atoms with Crippen LogP contribution in [-0.4, -0.2) is 95.7 Å². The van der Waals surface area contributed by atoms with Crippen LogP contribution in [0.15, 0.2) is 79.9 Å². The van der Waals surface area contributed by atoms with Gasteiger partial charge in [0.25, 0.3) is 5.91 Å². The second kappa shape index (κ2) is 16.5. The van der Waals surface area contributed by atoms with E-state index in [1.165, 1.54) is 4.90 Å². The number of anilines is 1. The van der Waals surface area contributed by atoms with Crippen molar-refractivity contribution >= 4 is 29.4 Å². The van der Waals surface area contributed by atoms with Gasteiger partial charge < -0.3 is 34.0 Å². The molecule has 3 saturated heterocycles. The lowest BCUT2D eigenvalue weighted by Gasteiger charge is -2.40. The maximum absolute atomic E-state index is 15.0. The highest BCUT2D eigenvalue weighted by Gasteiger charge is 2.76. The fraction of sp³-hybridized carbons (Fsp3) is 0.512. The molecule has 0 radical (unpaired) electrons. The van der Waals surface area contributed by atoms with Crippen molar-refractivity contribution in [1.82, 2.24) is 9.80 Å². The van der Waals surface area contributed by atoms with Gasteiger partial charge in [0.15, 0.2) is 0 Å². The van der Waals surface area contributed by atoms with Crippen molar-refractivity contribution in [2.75, 3.05) is 32.2 Å². The summed E-state index contributed by atoms with van der Waals surface area (Å²) in [6.45, 7) is 13.1. The number of benzene rings is 2. The van der Waals surface area contributed by atoms with Crippen LogP contribution in [0.1, 0.15) is 64.5 Å². The summed E-state index contributed by atoms with van der Waals surface area (Å²) in [5.74, 6) is -3.06. The lowest BCUT2D eigenvalue weighted by molar-refractivity contribution is -0.165. The van der Waals surface area contributed by atoms with E-state index in [0.29, 0.717) is 42.7 Å². The molecule has 0 saturated carbocycles. The third-order valence-corrected chi connectivity index (χ3v) is 11.4. The monoisotopic (exact) mass is 715 g/mol. The third-order valence-electron chi connectivity index (χ3n) is 11.4. The van der Waals surface area contributed by atoms with E-state index in [4.69, 9.17) is 14.2 Å². The van der Waals surface area contributed by atoms with Crippen molar-refractivity contribution in [1.29, 1.82) is 0 Å². The number of aliphatic hydroxyl groups excluding tert-OH is 1. The second-order valence-electron chi connectivity index (χ2n) is 14.2. The number of likely N-dealkylation sites (tertiary alicyclic amines) is 1. The van der Waals surface area contributed by atoms with Crippen molar-refractivity contribution < 1.29 is 38.5 Å². The number of likely N-dealkylation sites (N-methyl/N-ethyl adjacent to an activating group) is 1. The Balaban J connectivity index is 1.54. The molecule has 5 rings (SSSR count). The minimum absolute atomic E-state index is 0.115. The van der Waals surface area contributed by atoms with Crippen LogP contribution in [0.2, 0.25) is 0 Å². The van der Waals surface area contributed by atoms with Gasteiger partial charge >= 0.3 is 5.97 Å². The van der Waals surface area contributed by atoms with Crippen LogP contribution in [-0.2, 0) is 28.7 Å². The highest BCUT2D eigenvalue weighted by atomic mass is 16.6. The molecule has 2 bridgehead atoms. The molecule has 2 aromatic carbocycles. The van der Waals surface area contributed by atoms with Crippen LogP contribution in [0, 0.1) is 17.8 Å². The van der Waals surface area contributed by atoms with Crippen LogP contribution < -0.4 is 9.64 Å². The number of carbonyl (C=O) groups is 4. The number of hydrogen-bond acceptors (Lipinski definition) is 8. The van der Waals surface area contributed by atoms with E-state index in [-0.39, 0.29) is 37.3 Å². The minimum atomic E-state index is -1.32. The molecule has 52 heavy (non-hydrogen) atoms. The zero-order valence-electron chi connectivity index (χ0n) is 31.0. The summed E-state index contributed by atoms with van der Waals surface area (Å²) < 4.78 is 18.4. The average molecular weight is 716 g/mol. The topological polar surface area (TPSA) is 126 Å². The summed E-state index contributed by atoms with van der Waals surface area (Å²) in [6, 6.07) is 13.9. The lowest BCUT2D eigenvalue weighted by Crippen LogP contribution is -2.60. The van der Waals surface area contributed by atoms with E-state index in [2.05, 4.69) is 13.2 Å². The van der Waals surface area contributed by atoms with Gasteiger partial charge in [0.1, 0.15) is 23.5 Å². The maximum atomic E-state index is 15.0. The van der Waals surface area contributed by atoms with Crippen LogP contribution in [0.5, 0.6) is 5.75 Å². The van der Waals surface area contributed by atoms with Gasteiger partial charge in [-0.05, 0) is 61.9 Å². The van der Waals surface area contributed by atoms with E-state index in [1.54, 1.807) is 60.4 Å². The Morgan fingerprint density at radius 3 is 2.38 bits per heavy atom. The molecule has 0 unspecified atom stereocenters. The highest BCUT2D eigenvalue weighted by molar-refractivity contribution is 6.05. The summed E-state index contributed by atoms with van der Waals surface area (Å²) in [5, 5.41) is 10.8. The molecule has 11 heteroatoms. The van der Waals surface area contributed by atoms with Crippen molar-refractivity contribution in [3.8, 4) is 5.75 Å². The molecule has 1 N–H and O–H groups in total.